The van der Waals surface area contributed by atoms with E-state index in [4.69, 9.17) is 4.74 Å². The topological polar surface area (TPSA) is 66.1 Å². The summed E-state index contributed by atoms with van der Waals surface area (Å²) in [6.07, 6.45) is 5.16. The van der Waals surface area contributed by atoms with Gasteiger partial charge in [-0.05, 0) is 49.3 Å². The largest absolute Gasteiger partial charge is 0.478 e. The van der Waals surface area contributed by atoms with E-state index >= 15 is 0 Å². The minimum atomic E-state index is -0.396. The Balaban J connectivity index is 1.24. The molecule has 1 saturated carbocycles. The van der Waals surface area contributed by atoms with Crippen LogP contribution in [0, 0.1) is 23.6 Å². The van der Waals surface area contributed by atoms with Gasteiger partial charge in [0, 0.05) is 24.8 Å². The number of para-hydroxylation sites is 1. The number of allylic oxidation sites excluding steroid dienone is 1. The van der Waals surface area contributed by atoms with Crippen LogP contribution in [0.25, 0.3) is 11.0 Å². The van der Waals surface area contributed by atoms with E-state index in [0.717, 1.165) is 36.4 Å². The van der Waals surface area contributed by atoms with Crippen molar-refractivity contribution in [2.45, 2.75) is 25.3 Å². The first-order valence-corrected chi connectivity index (χ1v) is 10.6. The third kappa shape index (κ3) is 4.33. The van der Waals surface area contributed by atoms with E-state index in [1.54, 1.807) is 24.5 Å². The second-order valence-corrected chi connectivity index (χ2v) is 8.03. The Labute approximate surface area is 180 Å². The van der Waals surface area contributed by atoms with Gasteiger partial charge in [-0.15, -0.1) is 0 Å². The maximum atomic E-state index is 13.6. The Morgan fingerprint density at radius 3 is 3.00 bits per heavy atom. The number of nitrogens with zero attached hydrogens (tertiary/aromatic N) is 3. The number of likely N-dealkylation sites (tertiary alicyclic amines) is 1. The maximum Gasteiger partial charge on any atom is 0.165 e. The molecule has 1 aliphatic carbocycles. The molecular weight excluding hydrogens is 393 g/mol. The van der Waals surface area contributed by atoms with Gasteiger partial charge >= 0.3 is 0 Å². The number of fused-ring (bicyclic) bond motifs is 1. The Kier molecular flexibility index (Phi) is 5.21. The molecule has 3 aromatic rings. The van der Waals surface area contributed by atoms with Gasteiger partial charge in [-0.3, -0.25) is 0 Å². The predicted octanol–water partition coefficient (Wildman–Crippen LogP) is 3.94. The Morgan fingerprint density at radius 1 is 1.29 bits per heavy atom. The number of halogens is 1. The zero-order valence-corrected chi connectivity index (χ0v) is 17.2. The second kappa shape index (κ2) is 8.31. The zero-order chi connectivity index (χ0) is 21.2. The lowest BCUT2D eigenvalue weighted by molar-refractivity contribution is 0.348. The molecule has 1 aliphatic heterocycles. The van der Waals surface area contributed by atoms with Crippen LogP contribution in [0.15, 0.2) is 48.9 Å². The molecule has 5 rings (SSSR count). The lowest BCUT2D eigenvalue weighted by Crippen LogP contribution is -2.26. The van der Waals surface area contributed by atoms with Crippen LogP contribution in [0.2, 0.25) is 0 Å². The monoisotopic (exact) mass is 417 g/mol. The molecule has 31 heavy (non-hydrogen) atoms. The zero-order valence-electron chi connectivity index (χ0n) is 17.2. The van der Waals surface area contributed by atoms with Gasteiger partial charge in [0.1, 0.15) is 24.4 Å². The number of aromatic amines is 1. The molecule has 1 aromatic carbocycles. The number of rotatable bonds is 6. The minimum absolute atomic E-state index is 0.0931. The van der Waals surface area contributed by atoms with Crippen LogP contribution in [0.1, 0.15) is 25.0 Å². The molecule has 7 heteroatoms. The van der Waals surface area contributed by atoms with Crippen molar-refractivity contribution in [2.24, 2.45) is 5.92 Å². The number of anilines is 1. The molecule has 0 spiro atoms. The fourth-order valence-corrected chi connectivity index (χ4v) is 3.94. The molecule has 0 unspecified atom stereocenters. The number of ether oxygens (including phenoxy) is 1. The molecule has 2 N–H and O–H groups in total. The van der Waals surface area contributed by atoms with Crippen molar-refractivity contribution in [3.63, 3.8) is 0 Å². The van der Waals surface area contributed by atoms with Gasteiger partial charge in [-0.2, -0.15) is 0 Å². The smallest absolute Gasteiger partial charge is 0.165 e. The molecular formula is C24H24FN5O. The average molecular weight is 417 g/mol. The van der Waals surface area contributed by atoms with Crippen molar-refractivity contribution in [1.82, 2.24) is 19.9 Å². The van der Waals surface area contributed by atoms with Crippen LogP contribution in [-0.2, 0) is 0 Å². The van der Waals surface area contributed by atoms with E-state index in [9.17, 15) is 4.39 Å². The summed E-state index contributed by atoms with van der Waals surface area (Å²) >= 11 is 0. The van der Waals surface area contributed by atoms with Gasteiger partial charge in [0.25, 0.3) is 0 Å². The lowest BCUT2D eigenvalue weighted by atomic mass is 10.2. The van der Waals surface area contributed by atoms with Crippen LogP contribution in [-0.4, -0.2) is 45.6 Å². The summed E-state index contributed by atoms with van der Waals surface area (Å²) in [7, 11) is 0. The number of hydrogen-bond donors (Lipinski definition) is 2. The highest BCUT2D eigenvalue weighted by Gasteiger charge is 2.32. The third-order valence-electron chi connectivity index (χ3n) is 5.77. The molecule has 2 fully saturated rings. The quantitative estimate of drug-likeness (QED) is 0.595. The predicted molar refractivity (Wildman–Crippen MR) is 118 cm³/mol. The minimum Gasteiger partial charge on any atom is -0.478 e. The number of hydrogen-bond acceptors (Lipinski definition) is 5. The average Bonchev–Trinajstić information content (AvgIpc) is 3.37. The van der Waals surface area contributed by atoms with Crippen LogP contribution >= 0.6 is 0 Å². The van der Waals surface area contributed by atoms with Crippen molar-refractivity contribution in [3.05, 3.63) is 60.4 Å². The molecule has 0 amide bonds. The Hall–Kier alpha value is -3.53. The van der Waals surface area contributed by atoms with E-state index < -0.39 is 5.82 Å². The highest BCUT2D eigenvalue weighted by molar-refractivity contribution is 5.88. The maximum absolute atomic E-state index is 13.6. The molecule has 2 aromatic heterocycles. The van der Waals surface area contributed by atoms with Gasteiger partial charge < -0.3 is 19.9 Å². The van der Waals surface area contributed by atoms with Gasteiger partial charge in [-0.1, -0.05) is 24.6 Å². The van der Waals surface area contributed by atoms with Crippen molar-refractivity contribution < 1.29 is 9.13 Å². The number of H-pyrrole nitrogens is 1. The van der Waals surface area contributed by atoms with Gasteiger partial charge in [0.2, 0.25) is 0 Å². The van der Waals surface area contributed by atoms with E-state index in [1.807, 2.05) is 6.07 Å². The lowest BCUT2D eigenvalue weighted by Gasteiger charge is -2.21. The standard InChI is InChI=1S/C24H24FN5O/c1-16(17-8-9-17)30-11-10-19(14-30)29-24-20-13-18(28-23(20)26-15-27-24)5-4-12-31-22-7-3-2-6-21(22)25/h2-3,6-7,13,15,17,19H,1,8-12,14H2,(H2,26,27,28,29)/t19-/m1/s1. The van der Waals surface area contributed by atoms with Crippen molar-refractivity contribution in [1.29, 1.82) is 0 Å². The number of nitrogens with one attached hydrogen (secondary N) is 2. The highest BCUT2D eigenvalue weighted by Crippen LogP contribution is 2.38. The SMILES string of the molecule is C=C(C1CC1)N1CC[C@@H](Nc2ncnc3[nH]c(C#CCOc4ccccc4F)cc23)C1. The fraction of sp³-hybridized carbons (Fsp3) is 0.333. The summed E-state index contributed by atoms with van der Waals surface area (Å²) in [5.41, 5.74) is 2.73. The molecule has 1 saturated heterocycles. The molecule has 3 heterocycles. The summed E-state index contributed by atoms with van der Waals surface area (Å²) in [6, 6.07) is 8.55. The number of aromatic nitrogens is 3. The molecule has 0 bridgehead atoms. The molecule has 0 radical (unpaired) electrons. The molecule has 2 aliphatic rings. The van der Waals surface area contributed by atoms with E-state index in [-0.39, 0.29) is 12.4 Å². The second-order valence-electron chi connectivity index (χ2n) is 8.03. The number of benzene rings is 1. The van der Waals surface area contributed by atoms with Crippen molar-refractivity contribution in [2.75, 3.05) is 25.0 Å². The van der Waals surface area contributed by atoms with Crippen molar-refractivity contribution in [3.8, 4) is 17.6 Å². The fourth-order valence-electron chi connectivity index (χ4n) is 3.94. The summed E-state index contributed by atoms with van der Waals surface area (Å²) < 4.78 is 19.0. The Morgan fingerprint density at radius 2 is 2.16 bits per heavy atom. The van der Waals surface area contributed by atoms with E-state index in [1.165, 1.54) is 24.6 Å². The van der Waals surface area contributed by atoms with E-state index in [2.05, 4.69) is 43.6 Å². The van der Waals surface area contributed by atoms with Crippen LogP contribution in [0.3, 0.4) is 0 Å². The summed E-state index contributed by atoms with van der Waals surface area (Å²) in [6.45, 7) is 6.35. The third-order valence-corrected chi connectivity index (χ3v) is 5.77. The van der Waals surface area contributed by atoms with Crippen LogP contribution in [0.4, 0.5) is 10.2 Å². The first-order chi connectivity index (χ1) is 15.2. The van der Waals surface area contributed by atoms with Crippen LogP contribution in [0.5, 0.6) is 5.75 Å². The van der Waals surface area contributed by atoms with Gasteiger partial charge in [0.15, 0.2) is 11.6 Å². The summed E-state index contributed by atoms with van der Waals surface area (Å²) in [5.74, 6) is 7.23. The van der Waals surface area contributed by atoms with Crippen LogP contribution < -0.4 is 10.1 Å². The van der Waals surface area contributed by atoms with E-state index in [0.29, 0.717) is 17.7 Å². The van der Waals surface area contributed by atoms with Crippen molar-refractivity contribution >= 4 is 16.9 Å². The summed E-state index contributed by atoms with van der Waals surface area (Å²) in [4.78, 5) is 14.4. The summed E-state index contributed by atoms with van der Waals surface area (Å²) in [5, 5.41) is 4.47. The molecule has 158 valence electrons. The molecule has 1 atom stereocenters. The normalized spacial score (nSPS) is 18.0. The first-order valence-electron chi connectivity index (χ1n) is 10.6. The first kappa shape index (κ1) is 19.4. The Bertz CT molecular complexity index is 1170. The van der Waals surface area contributed by atoms with Gasteiger partial charge in [-0.25, -0.2) is 14.4 Å². The van der Waals surface area contributed by atoms with Gasteiger partial charge in [0.05, 0.1) is 11.1 Å². The molecule has 6 nitrogen and oxygen atoms in total. The highest BCUT2D eigenvalue weighted by atomic mass is 19.1.